The fourth-order valence-electron chi connectivity index (χ4n) is 0.955. The summed E-state index contributed by atoms with van der Waals surface area (Å²) in [5.74, 6) is 1.12. The van der Waals surface area contributed by atoms with Crippen molar-refractivity contribution in [1.82, 2.24) is 9.97 Å². The predicted molar refractivity (Wildman–Crippen MR) is 56.3 cm³/mol. The van der Waals surface area contributed by atoms with Crippen molar-refractivity contribution >= 4 is 17.4 Å². The summed E-state index contributed by atoms with van der Waals surface area (Å²) in [6.45, 7) is 4.89. The van der Waals surface area contributed by atoms with E-state index in [-0.39, 0.29) is 11.9 Å². The minimum Gasteiger partial charge on any atom is -0.391 e. The van der Waals surface area contributed by atoms with E-state index in [1.807, 2.05) is 0 Å². The van der Waals surface area contributed by atoms with Crippen molar-refractivity contribution in [2.45, 2.75) is 20.5 Å². The fraction of sp³-hybridized carbons (Fsp3) is 0.556. The van der Waals surface area contributed by atoms with Gasteiger partial charge in [0.2, 0.25) is 5.28 Å². The normalized spacial score (nSPS) is 10.6. The second-order valence-corrected chi connectivity index (χ2v) is 3.78. The Morgan fingerprint density at radius 3 is 2.86 bits per heavy atom. The maximum Gasteiger partial charge on any atom is 0.224 e. The van der Waals surface area contributed by atoms with Crippen LogP contribution in [0, 0.1) is 5.92 Å². The molecule has 14 heavy (non-hydrogen) atoms. The van der Waals surface area contributed by atoms with Crippen LogP contribution in [0.25, 0.3) is 0 Å². The zero-order chi connectivity index (χ0) is 10.6. The standard InChI is InChI=1S/C9H14ClN3O/c1-6(2)3-11-8-7(5-14)4-12-9(10)13-8/h4,6,14H,3,5H2,1-2H3,(H,11,12,13). The maximum absolute atomic E-state index is 9.01. The highest BCUT2D eigenvalue weighted by Crippen LogP contribution is 2.14. The Bertz CT molecular complexity index is 304. The predicted octanol–water partition coefficient (Wildman–Crippen LogP) is 1.69. The summed E-state index contributed by atoms with van der Waals surface area (Å²) in [6, 6.07) is 0. The smallest absolute Gasteiger partial charge is 0.224 e. The third kappa shape index (κ3) is 3.12. The van der Waals surface area contributed by atoms with E-state index in [0.717, 1.165) is 6.54 Å². The van der Waals surface area contributed by atoms with Crippen LogP contribution in [0.1, 0.15) is 19.4 Å². The van der Waals surface area contributed by atoms with E-state index in [2.05, 4.69) is 29.1 Å². The number of nitrogens with zero attached hydrogens (tertiary/aromatic N) is 2. The molecule has 0 aliphatic heterocycles. The molecular formula is C9H14ClN3O. The summed E-state index contributed by atoms with van der Waals surface area (Å²) in [4.78, 5) is 7.79. The van der Waals surface area contributed by atoms with Gasteiger partial charge in [0.1, 0.15) is 5.82 Å². The van der Waals surface area contributed by atoms with Gasteiger partial charge in [0.25, 0.3) is 0 Å². The number of aliphatic hydroxyl groups is 1. The van der Waals surface area contributed by atoms with Gasteiger partial charge in [0.05, 0.1) is 6.61 Å². The van der Waals surface area contributed by atoms with Gasteiger partial charge in [0.15, 0.2) is 0 Å². The lowest BCUT2D eigenvalue weighted by Crippen LogP contribution is -2.11. The highest BCUT2D eigenvalue weighted by atomic mass is 35.5. The number of rotatable bonds is 4. The molecule has 0 radical (unpaired) electrons. The second kappa shape index (κ2) is 5.12. The van der Waals surface area contributed by atoms with E-state index in [1.165, 1.54) is 6.20 Å². The molecule has 0 bridgehead atoms. The van der Waals surface area contributed by atoms with Crippen LogP contribution in [0.4, 0.5) is 5.82 Å². The largest absolute Gasteiger partial charge is 0.391 e. The molecule has 4 nitrogen and oxygen atoms in total. The van der Waals surface area contributed by atoms with E-state index in [1.54, 1.807) is 0 Å². The van der Waals surface area contributed by atoms with Gasteiger partial charge in [-0.25, -0.2) is 9.97 Å². The molecule has 1 heterocycles. The van der Waals surface area contributed by atoms with E-state index in [0.29, 0.717) is 17.3 Å². The summed E-state index contributed by atoms with van der Waals surface area (Å²) in [5.41, 5.74) is 0.662. The van der Waals surface area contributed by atoms with Crippen LogP contribution >= 0.6 is 11.6 Å². The molecule has 0 fully saturated rings. The van der Waals surface area contributed by atoms with Crippen LogP contribution in [0.2, 0.25) is 5.28 Å². The first-order chi connectivity index (χ1) is 6.63. The van der Waals surface area contributed by atoms with Gasteiger partial charge in [0, 0.05) is 18.3 Å². The molecule has 0 saturated heterocycles. The molecule has 78 valence electrons. The summed E-state index contributed by atoms with van der Waals surface area (Å²) in [6.07, 6.45) is 1.53. The third-order valence-electron chi connectivity index (χ3n) is 1.68. The van der Waals surface area contributed by atoms with E-state index >= 15 is 0 Å². The molecule has 1 aromatic rings. The molecule has 0 aliphatic carbocycles. The Labute approximate surface area is 88.3 Å². The van der Waals surface area contributed by atoms with Crippen molar-refractivity contribution in [3.05, 3.63) is 17.0 Å². The number of aliphatic hydroxyl groups excluding tert-OH is 1. The molecular weight excluding hydrogens is 202 g/mol. The molecule has 0 aliphatic rings. The summed E-state index contributed by atoms with van der Waals surface area (Å²) in [5, 5.41) is 12.3. The van der Waals surface area contributed by atoms with E-state index < -0.39 is 0 Å². The highest BCUT2D eigenvalue weighted by Gasteiger charge is 2.05. The van der Waals surface area contributed by atoms with Gasteiger partial charge in [-0.3, -0.25) is 0 Å². The van der Waals surface area contributed by atoms with Crippen molar-refractivity contribution < 1.29 is 5.11 Å². The van der Waals surface area contributed by atoms with Gasteiger partial charge in [-0.15, -0.1) is 0 Å². The average Bonchev–Trinajstić information content (AvgIpc) is 2.15. The van der Waals surface area contributed by atoms with Crippen molar-refractivity contribution in [3.63, 3.8) is 0 Å². The zero-order valence-corrected chi connectivity index (χ0v) is 9.04. The minimum atomic E-state index is -0.0857. The van der Waals surface area contributed by atoms with Crippen molar-refractivity contribution in [1.29, 1.82) is 0 Å². The fourth-order valence-corrected chi connectivity index (χ4v) is 1.09. The molecule has 0 spiro atoms. The van der Waals surface area contributed by atoms with Gasteiger partial charge in [-0.05, 0) is 17.5 Å². The molecule has 0 unspecified atom stereocenters. The molecule has 0 saturated carbocycles. The Kier molecular flexibility index (Phi) is 4.10. The topological polar surface area (TPSA) is 58.0 Å². The lowest BCUT2D eigenvalue weighted by Gasteiger charge is -2.10. The second-order valence-electron chi connectivity index (χ2n) is 3.45. The number of hydrogen-bond acceptors (Lipinski definition) is 4. The summed E-state index contributed by atoms with van der Waals surface area (Å²) in [7, 11) is 0. The lowest BCUT2D eigenvalue weighted by molar-refractivity contribution is 0.281. The Morgan fingerprint density at radius 1 is 1.57 bits per heavy atom. The monoisotopic (exact) mass is 215 g/mol. The molecule has 1 aromatic heterocycles. The van der Waals surface area contributed by atoms with Crippen LogP contribution in [-0.2, 0) is 6.61 Å². The van der Waals surface area contributed by atoms with Gasteiger partial charge < -0.3 is 10.4 Å². The van der Waals surface area contributed by atoms with Crippen molar-refractivity contribution in [2.75, 3.05) is 11.9 Å². The van der Waals surface area contributed by atoms with Gasteiger partial charge >= 0.3 is 0 Å². The van der Waals surface area contributed by atoms with Crippen LogP contribution in [0.3, 0.4) is 0 Å². The number of halogens is 1. The third-order valence-corrected chi connectivity index (χ3v) is 1.87. The number of nitrogens with one attached hydrogen (secondary N) is 1. The first-order valence-electron chi connectivity index (χ1n) is 4.49. The SMILES string of the molecule is CC(C)CNc1nc(Cl)ncc1CO. The zero-order valence-electron chi connectivity index (χ0n) is 8.29. The number of aromatic nitrogens is 2. The van der Waals surface area contributed by atoms with Gasteiger partial charge in [-0.1, -0.05) is 13.8 Å². The lowest BCUT2D eigenvalue weighted by atomic mass is 10.2. The van der Waals surface area contributed by atoms with E-state index in [9.17, 15) is 0 Å². The Hall–Kier alpha value is -0.870. The van der Waals surface area contributed by atoms with Gasteiger partial charge in [-0.2, -0.15) is 0 Å². The molecule has 1 rings (SSSR count). The quantitative estimate of drug-likeness (QED) is 0.751. The van der Waals surface area contributed by atoms with Crippen molar-refractivity contribution in [2.24, 2.45) is 5.92 Å². The number of anilines is 1. The van der Waals surface area contributed by atoms with Crippen LogP contribution in [0.15, 0.2) is 6.20 Å². The highest BCUT2D eigenvalue weighted by molar-refractivity contribution is 6.28. The maximum atomic E-state index is 9.01. The summed E-state index contributed by atoms with van der Waals surface area (Å²) >= 11 is 5.65. The minimum absolute atomic E-state index is 0.0857. The van der Waals surface area contributed by atoms with Crippen LogP contribution in [0.5, 0.6) is 0 Å². The Morgan fingerprint density at radius 2 is 2.29 bits per heavy atom. The average molecular weight is 216 g/mol. The Balaban J connectivity index is 2.77. The van der Waals surface area contributed by atoms with Crippen molar-refractivity contribution in [3.8, 4) is 0 Å². The van der Waals surface area contributed by atoms with Crippen LogP contribution < -0.4 is 5.32 Å². The molecule has 0 atom stereocenters. The van der Waals surface area contributed by atoms with E-state index in [4.69, 9.17) is 16.7 Å². The molecule has 2 N–H and O–H groups in total. The number of hydrogen-bond donors (Lipinski definition) is 2. The molecule has 0 aromatic carbocycles. The first-order valence-corrected chi connectivity index (χ1v) is 4.87. The summed E-state index contributed by atoms with van der Waals surface area (Å²) < 4.78 is 0. The van der Waals surface area contributed by atoms with Crippen LogP contribution in [-0.4, -0.2) is 21.6 Å². The first kappa shape index (κ1) is 11.2. The molecule has 0 amide bonds. The molecule has 5 heteroatoms.